The molecule has 11 nitrogen and oxygen atoms in total. The lowest BCUT2D eigenvalue weighted by atomic mass is 9.99. The molecule has 2 aromatic heterocycles. The monoisotopic (exact) mass is 571 g/mol. The van der Waals surface area contributed by atoms with Crippen molar-refractivity contribution in [2.75, 3.05) is 5.32 Å². The zero-order valence-corrected chi connectivity index (χ0v) is 22.6. The Labute approximate surface area is 238 Å². The number of nitrogens with zero attached hydrogens (tertiary/aromatic N) is 7. The van der Waals surface area contributed by atoms with Crippen molar-refractivity contribution in [1.29, 1.82) is 0 Å². The molecule has 4 heterocycles. The second-order valence-electron chi connectivity index (χ2n) is 10.4. The van der Waals surface area contributed by atoms with Crippen LogP contribution in [-0.4, -0.2) is 52.7 Å². The van der Waals surface area contributed by atoms with Crippen molar-refractivity contribution in [3.8, 4) is 16.9 Å². The number of amidine groups is 1. The normalized spacial score (nSPS) is 21.9. The van der Waals surface area contributed by atoms with Crippen LogP contribution in [0.1, 0.15) is 42.8 Å². The van der Waals surface area contributed by atoms with Crippen LogP contribution in [0.15, 0.2) is 54.3 Å². The van der Waals surface area contributed by atoms with E-state index in [1.807, 2.05) is 6.07 Å². The number of imidazole rings is 1. The van der Waals surface area contributed by atoms with Crippen LogP contribution in [0.25, 0.3) is 22.6 Å². The first kappa shape index (κ1) is 25.3. The summed E-state index contributed by atoms with van der Waals surface area (Å²) in [6.45, 7) is 5.62. The van der Waals surface area contributed by atoms with Gasteiger partial charge in [-0.25, -0.2) is 9.98 Å². The number of piperidine rings is 1. The highest BCUT2D eigenvalue weighted by Crippen LogP contribution is 2.57. The first-order valence-electron chi connectivity index (χ1n) is 13.1. The Morgan fingerprint density at radius 3 is 2.85 bits per heavy atom. The Morgan fingerprint density at radius 2 is 2.07 bits per heavy atom. The number of carbonyl (C=O) groups is 2. The molecule has 2 N–H and O–H groups in total. The van der Waals surface area contributed by atoms with E-state index in [0.717, 1.165) is 17.7 Å². The fourth-order valence-electron chi connectivity index (χ4n) is 5.83. The van der Waals surface area contributed by atoms with Crippen LogP contribution in [-0.2, 0) is 16.0 Å². The zero-order valence-electron chi connectivity index (χ0n) is 21.8. The maximum absolute atomic E-state index is 15.3. The van der Waals surface area contributed by atoms with Gasteiger partial charge >= 0.3 is 0 Å². The third-order valence-corrected chi connectivity index (χ3v) is 8.02. The summed E-state index contributed by atoms with van der Waals surface area (Å²) in [6, 6.07) is 10.0. The number of aliphatic imine (C=N–C) groups is 1. The molecule has 3 aliphatic rings. The zero-order chi connectivity index (χ0) is 28.4. The summed E-state index contributed by atoms with van der Waals surface area (Å²) in [4.78, 5) is 38.5. The van der Waals surface area contributed by atoms with Crippen LogP contribution in [0, 0.1) is 17.8 Å². The largest absolute Gasteiger partial charge is 0.326 e. The molecule has 2 amide bonds. The van der Waals surface area contributed by atoms with Gasteiger partial charge in [0.05, 0.1) is 17.4 Å². The molecule has 0 bridgehead atoms. The number of H-pyrrole nitrogens is 1. The van der Waals surface area contributed by atoms with E-state index in [1.165, 1.54) is 17.9 Å². The minimum absolute atomic E-state index is 0.000267. The summed E-state index contributed by atoms with van der Waals surface area (Å²) in [5.74, 6) is 0.109. The molecule has 2 fully saturated rings. The number of tetrazole rings is 1. The van der Waals surface area contributed by atoms with Gasteiger partial charge in [0.2, 0.25) is 17.8 Å². The average Bonchev–Trinajstić information content (AvgIpc) is 3.24. The Morgan fingerprint density at radius 1 is 1.22 bits per heavy atom. The first-order chi connectivity index (χ1) is 19.8. The number of halogens is 2. The molecule has 206 valence electrons. The summed E-state index contributed by atoms with van der Waals surface area (Å²) in [5.41, 5.74) is 4.04. The molecular formula is C28H23ClFN9O2. The highest BCUT2D eigenvalue weighted by Gasteiger charge is 2.60. The maximum Gasteiger partial charge on any atom is 0.225 e. The van der Waals surface area contributed by atoms with E-state index in [0.29, 0.717) is 52.0 Å². The molecule has 1 saturated carbocycles. The lowest BCUT2D eigenvalue weighted by molar-refractivity contribution is -0.126. The van der Waals surface area contributed by atoms with Gasteiger partial charge in [0.25, 0.3) is 0 Å². The molecule has 0 spiro atoms. The quantitative estimate of drug-likeness (QED) is 0.366. The number of benzene rings is 2. The summed E-state index contributed by atoms with van der Waals surface area (Å²) in [6.07, 6.45) is 3.19. The fourth-order valence-corrected chi connectivity index (χ4v) is 6.00. The summed E-state index contributed by atoms with van der Waals surface area (Å²) in [5, 5.41) is 14.7. The minimum Gasteiger partial charge on any atom is -0.326 e. The number of anilines is 1. The number of aromatic amines is 1. The standard InChI is InChI=1S/C28H23ClFN9O2/c1-13(18-10-17(29)5-7-22(18)38-12-31-36-37-38)32-28-20-11-19(20)25(39(28)14(2)40)27-34-24(26(30)35-27)16-3-6-21-15(9-16)4-8-23(41)33-21/h3,5-7,9-10,12,19-20,25H,1,4,8,11H2,2H3,(H,33,41)(H,34,35). The number of hydrogen-bond donors (Lipinski definition) is 2. The van der Waals surface area contributed by atoms with Crippen molar-refractivity contribution >= 4 is 40.6 Å². The van der Waals surface area contributed by atoms with Gasteiger partial charge in [-0.2, -0.15) is 9.07 Å². The number of nitrogens with one attached hydrogen (secondary N) is 2. The van der Waals surface area contributed by atoms with Crippen molar-refractivity contribution in [2.24, 2.45) is 16.8 Å². The van der Waals surface area contributed by atoms with Gasteiger partial charge in [0.15, 0.2) is 0 Å². The number of aryl methyl sites for hydroxylation is 1. The number of carbonyl (C=O) groups excluding carboxylic acids is 2. The second-order valence-corrected chi connectivity index (χ2v) is 10.8. The molecule has 1 saturated heterocycles. The van der Waals surface area contributed by atoms with E-state index in [-0.39, 0.29) is 29.3 Å². The van der Waals surface area contributed by atoms with E-state index in [2.05, 4.69) is 37.4 Å². The molecule has 2 aliphatic heterocycles. The molecule has 3 unspecified atom stereocenters. The van der Waals surface area contributed by atoms with Crippen LogP contribution < -0.4 is 5.32 Å². The van der Waals surface area contributed by atoms with Crippen molar-refractivity contribution in [1.82, 2.24) is 35.1 Å². The molecule has 2 aromatic carbocycles. The van der Waals surface area contributed by atoms with Gasteiger partial charge < -0.3 is 10.3 Å². The van der Waals surface area contributed by atoms with Gasteiger partial charge in [-0.05, 0) is 65.1 Å². The fraction of sp³-hybridized carbons (Fsp3) is 0.250. The van der Waals surface area contributed by atoms with E-state index in [4.69, 9.17) is 16.6 Å². The second kappa shape index (κ2) is 9.44. The van der Waals surface area contributed by atoms with Crippen LogP contribution in [0.3, 0.4) is 0 Å². The molecule has 4 aromatic rings. The Bertz CT molecular complexity index is 1780. The number of hydrogen-bond acceptors (Lipinski definition) is 7. The molecule has 7 rings (SSSR count). The number of fused-ring (bicyclic) bond motifs is 2. The maximum atomic E-state index is 15.3. The number of amides is 2. The van der Waals surface area contributed by atoms with Crippen molar-refractivity contribution in [3.63, 3.8) is 0 Å². The summed E-state index contributed by atoms with van der Waals surface area (Å²) >= 11 is 6.29. The van der Waals surface area contributed by atoms with Crippen LogP contribution in [0.5, 0.6) is 0 Å². The van der Waals surface area contributed by atoms with Gasteiger partial charge in [0.1, 0.15) is 23.7 Å². The third-order valence-electron chi connectivity index (χ3n) is 7.79. The highest BCUT2D eigenvalue weighted by atomic mass is 35.5. The van der Waals surface area contributed by atoms with Gasteiger partial charge in [0, 0.05) is 41.1 Å². The minimum atomic E-state index is -0.583. The Balaban J connectivity index is 1.23. The van der Waals surface area contributed by atoms with E-state index >= 15 is 4.39 Å². The summed E-state index contributed by atoms with van der Waals surface area (Å²) in [7, 11) is 0. The van der Waals surface area contributed by atoms with Crippen LogP contribution in [0.2, 0.25) is 5.02 Å². The van der Waals surface area contributed by atoms with Crippen molar-refractivity contribution in [3.05, 3.63) is 77.2 Å². The molecule has 0 radical (unpaired) electrons. The SMILES string of the molecule is C=C(N=C1C2CC2C(c2nc(-c3ccc4c(c3)CCC(=O)N4)c(F)[nH]2)N1C(C)=O)c1cc(Cl)ccc1-n1cnnn1. The molecule has 41 heavy (non-hydrogen) atoms. The predicted molar refractivity (Wildman–Crippen MR) is 148 cm³/mol. The molecule has 3 atom stereocenters. The Kier molecular flexibility index (Phi) is 5.82. The molecular weight excluding hydrogens is 549 g/mol. The number of aromatic nitrogens is 6. The number of likely N-dealkylation sites (tertiary alicyclic amines) is 1. The van der Waals surface area contributed by atoms with E-state index < -0.39 is 12.0 Å². The van der Waals surface area contributed by atoms with Gasteiger partial charge in [-0.3, -0.25) is 14.5 Å². The molecule has 13 heteroatoms. The van der Waals surface area contributed by atoms with Gasteiger partial charge in [-0.1, -0.05) is 24.2 Å². The smallest absolute Gasteiger partial charge is 0.225 e. The topological polar surface area (TPSA) is 134 Å². The molecule has 1 aliphatic carbocycles. The van der Waals surface area contributed by atoms with Gasteiger partial charge in [-0.15, -0.1) is 5.10 Å². The van der Waals surface area contributed by atoms with E-state index in [1.54, 1.807) is 35.2 Å². The van der Waals surface area contributed by atoms with Crippen molar-refractivity contribution in [2.45, 2.75) is 32.2 Å². The van der Waals surface area contributed by atoms with Crippen LogP contribution in [0.4, 0.5) is 10.1 Å². The lowest BCUT2D eigenvalue weighted by Gasteiger charge is -2.25. The third kappa shape index (κ3) is 4.31. The Hall–Kier alpha value is -4.71. The predicted octanol–water partition coefficient (Wildman–Crippen LogP) is 4.34. The summed E-state index contributed by atoms with van der Waals surface area (Å²) < 4.78 is 16.8. The number of rotatable bonds is 5. The lowest BCUT2D eigenvalue weighted by Crippen LogP contribution is -2.36. The van der Waals surface area contributed by atoms with Crippen LogP contribution >= 0.6 is 11.6 Å². The van der Waals surface area contributed by atoms with Crippen molar-refractivity contribution < 1.29 is 14.0 Å². The first-order valence-corrected chi connectivity index (χ1v) is 13.5. The highest BCUT2D eigenvalue weighted by molar-refractivity contribution is 6.30. The van der Waals surface area contributed by atoms with E-state index in [9.17, 15) is 9.59 Å². The average molecular weight is 572 g/mol.